The van der Waals surface area contributed by atoms with Gasteiger partial charge in [0, 0.05) is 13.1 Å². The number of amides is 1. The third kappa shape index (κ3) is 4.46. The number of hydrogen-bond acceptors (Lipinski definition) is 3. The molecular formula is C14H18N2O2. The topological polar surface area (TPSA) is 53.3 Å². The second-order valence-electron chi connectivity index (χ2n) is 4.06. The zero-order valence-electron chi connectivity index (χ0n) is 10.8. The fourth-order valence-electron chi connectivity index (χ4n) is 1.53. The highest BCUT2D eigenvalue weighted by molar-refractivity contribution is 5.77. The monoisotopic (exact) mass is 246 g/mol. The van der Waals surface area contributed by atoms with Crippen LogP contribution < -0.4 is 4.74 Å². The molecule has 4 heteroatoms. The number of nitriles is 1. The summed E-state index contributed by atoms with van der Waals surface area (Å²) >= 11 is 0. The van der Waals surface area contributed by atoms with Gasteiger partial charge in [0.2, 0.25) is 0 Å². The fourth-order valence-corrected chi connectivity index (χ4v) is 1.53. The number of carbonyl (C=O) groups excluding carboxylic acids is 1. The van der Waals surface area contributed by atoms with Gasteiger partial charge in [0.25, 0.3) is 5.91 Å². The van der Waals surface area contributed by atoms with E-state index in [4.69, 9.17) is 10.00 Å². The summed E-state index contributed by atoms with van der Waals surface area (Å²) in [7, 11) is 0. The molecule has 18 heavy (non-hydrogen) atoms. The minimum Gasteiger partial charge on any atom is -0.484 e. The highest BCUT2D eigenvalue weighted by atomic mass is 16.5. The molecule has 1 aromatic carbocycles. The van der Waals surface area contributed by atoms with Crippen molar-refractivity contribution in [1.82, 2.24) is 4.90 Å². The lowest BCUT2D eigenvalue weighted by atomic mass is 10.2. The standard InChI is InChI=1S/C14H18N2O2/c1-3-16(10-12(2)9-15)14(17)11-18-13-7-5-4-6-8-13/h4-8,12H,3,10-11H2,1-2H3/t12-/m1/s1. The minimum atomic E-state index is -0.161. The zero-order valence-corrected chi connectivity index (χ0v) is 10.8. The Bertz CT molecular complexity index is 412. The average Bonchev–Trinajstić information content (AvgIpc) is 2.42. The molecule has 0 aliphatic heterocycles. The molecule has 0 aromatic heterocycles. The van der Waals surface area contributed by atoms with Crippen LogP contribution in [0.5, 0.6) is 5.75 Å². The van der Waals surface area contributed by atoms with Crippen LogP contribution in [0.25, 0.3) is 0 Å². The third-order valence-electron chi connectivity index (χ3n) is 2.55. The molecule has 0 aliphatic rings. The summed E-state index contributed by atoms with van der Waals surface area (Å²) in [5.74, 6) is 0.421. The van der Waals surface area contributed by atoms with Crippen LogP contribution in [0.4, 0.5) is 0 Å². The van der Waals surface area contributed by atoms with Crippen molar-refractivity contribution in [1.29, 1.82) is 5.26 Å². The van der Waals surface area contributed by atoms with Crippen LogP contribution in [-0.4, -0.2) is 30.5 Å². The Kier molecular flexibility index (Phi) is 5.72. The van der Waals surface area contributed by atoms with Crippen LogP contribution >= 0.6 is 0 Å². The third-order valence-corrected chi connectivity index (χ3v) is 2.55. The van der Waals surface area contributed by atoms with E-state index < -0.39 is 0 Å². The predicted molar refractivity (Wildman–Crippen MR) is 69.0 cm³/mol. The number of rotatable bonds is 6. The van der Waals surface area contributed by atoms with E-state index in [2.05, 4.69) is 6.07 Å². The molecule has 0 heterocycles. The van der Waals surface area contributed by atoms with Crippen LogP contribution in [0.2, 0.25) is 0 Å². The Morgan fingerprint density at radius 1 is 1.44 bits per heavy atom. The molecule has 4 nitrogen and oxygen atoms in total. The number of para-hydroxylation sites is 1. The fraction of sp³-hybridized carbons (Fsp3) is 0.429. The highest BCUT2D eigenvalue weighted by Gasteiger charge is 2.15. The molecule has 1 aromatic rings. The molecule has 0 unspecified atom stereocenters. The molecule has 0 radical (unpaired) electrons. The first-order valence-electron chi connectivity index (χ1n) is 6.02. The van der Waals surface area contributed by atoms with E-state index in [0.717, 1.165) is 0 Å². The van der Waals surface area contributed by atoms with Gasteiger partial charge in [0.1, 0.15) is 5.75 Å². The average molecular weight is 246 g/mol. The lowest BCUT2D eigenvalue weighted by Crippen LogP contribution is -2.37. The normalized spacial score (nSPS) is 11.4. The Morgan fingerprint density at radius 2 is 2.11 bits per heavy atom. The van der Waals surface area contributed by atoms with E-state index in [1.54, 1.807) is 11.8 Å². The zero-order chi connectivity index (χ0) is 13.4. The molecule has 1 amide bonds. The van der Waals surface area contributed by atoms with Crippen molar-refractivity contribution in [3.8, 4) is 11.8 Å². The van der Waals surface area contributed by atoms with Gasteiger partial charge in [-0.2, -0.15) is 5.26 Å². The number of ether oxygens (including phenoxy) is 1. The van der Waals surface area contributed by atoms with Crippen LogP contribution in [0.3, 0.4) is 0 Å². The molecule has 0 aliphatic carbocycles. The van der Waals surface area contributed by atoms with Crippen LogP contribution in [0.1, 0.15) is 13.8 Å². The maximum Gasteiger partial charge on any atom is 0.260 e. The number of carbonyl (C=O) groups is 1. The summed E-state index contributed by atoms with van der Waals surface area (Å²) in [4.78, 5) is 13.5. The van der Waals surface area contributed by atoms with Gasteiger partial charge >= 0.3 is 0 Å². The second-order valence-corrected chi connectivity index (χ2v) is 4.06. The molecule has 1 atom stereocenters. The summed E-state index contributed by atoms with van der Waals surface area (Å²) in [6.45, 7) is 4.74. The summed E-state index contributed by atoms with van der Waals surface area (Å²) in [5, 5.41) is 8.75. The van der Waals surface area contributed by atoms with E-state index in [-0.39, 0.29) is 18.4 Å². The highest BCUT2D eigenvalue weighted by Crippen LogP contribution is 2.08. The smallest absolute Gasteiger partial charge is 0.260 e. The molecule has 0 spiro atoms. The van der Waals surface area contributed by atoms with Crippen molar-refractivity contribution in [2.45, 2.75) is 13.8 Å². The quantitative estimate of drug-likeness (QED) is 0.772. The summed E-state index contributed by atoms with van der Waals surface area (Å²) < 4.78 is 5.39. The molecule has 0 bridgehead atoms. The predicted octanol–water partition coefficient (Wildman–Crippen LogP) is 2.07. The maximum atomic E-state index is 11.9. The lowest BCUT2D eigenvalue weighted by Gasteiger charge is -2.21. The van der Waals surface area contributed by atoms with Crippen molar-refractivity contribution >= 4 is 5.91 Å². The first-order chi connectivity index (χ1) is 8.67. The SMILES string of the molecule is CCN(C[C@H](C)C#N)C(=O)COc1ccccc1. The second kappa shape index (κ2) is 7.33. The Hall–Kier alpha value is -2.02. The molecule has 1 rings (SSSR count). The van der Waals surface area contributed by atoms with E-state index in [9.17, 15) is 4.79 Å². The van der Waals surface area contributed by atoms with E-state index in [0.29, 0.717) is 18.8 Å². The van der Waals surface area contributed by atoms with Crippen molar-refractivity contribution < 1.29 is 9.53 Å². The Labute approximate surface area is 108 Å². The van der Waals surface area contributed by atoms with Gasteiger partial charge in [-0.1, -0.05) is 18.2 Å². The summed E-state index contributed by atoms with van der Waals surface area (Å²) in [6.07, 6.45) is 0. The van der Waals surface area contributed by atoms with Crippen LogP contribution in [0, 0.1) is 17.2 Å². The molecule has 0 fully saturated rings. The van der Waals surface area contributed by atoms with Crippen molar-refractivity contribution in [3.63, 3.8) is 0 Å². The number of benzene rings is 1. The first-order valence-corrected chi connectivity index (χ1v) is 6.02. The van der Waals surface area contributed by atoms with Gasteiger partial charge in [-0.15, -0.1) is 0 Å². The van der Waals surface area contributed by atoms with Crippen LogP contribution in [-0.2, 0) is 4.79 Å². The summed E-state index contributed by atoms with van der Waals surface area (Å²) in [6, 6.07) is 11.3. The van der Waals surface area contributed by atoms with Gasteiger partial charge in [0.05, 0.1) is 12.0 Å². The Balaban J connectivity index is 2.46. The Morgan fingerprint density at radius 3 is 2.67 bits per heavy atom. The van der Waals surface area contributed by atoms with E-state index in [1.165, 1.54) is 0 Å². The lowest BCUT2D eigenvalue weighted by molar-refractivity contribution is -0.133. The molecule has 0 N–H and O–H groups in total. The van der Waals surface area contributed by atoms with Crippen molar-refractivity contribution in [2.24, 2.45) is 5.92 Å². The van der Waals surface area contributed by atoms with Gasteiger partial charge < -0.3 is 9.64 Å². The van der Waals surface area contributed by atoms with Gasteiger partial charge in [-0.3, -0.25) is 4.79 Å². The molecule has 0 saturated carbocycles. The maximum absolute atomic E-state index is 11.9. The van der Waals surface area contributed by atoms with Crippen LogP contribution in [0.15, 0.2) is 30.3 Å². The number of hydrogen-bond donors (Lipinski definition) is 0. The van der Waals surface area contributed by atoms with E-state index in [1.807, 2.05) is 37.3 Å². The number of nitrogens with zero attached hydrogens (tertiary/aromatic N) is 2. The molecule has 0 saturated heterocycles. The van der Waals surface area contributed by atoms with Crippen molar-refractivity contribution in [2.75, 3.05) is 19.7 Å². The van der Waals surface area contributed by atoms with Gasteiger partial charge in [-0.25, -0.2) is 0 Å². The van der Waals surface area contributed by atoms with Crippen molar-refractivity contribution in [3.05, 3.63) is 30.3 Å². The molecular weight excluding hydrogens is 228 g/mol. The minimum absolute atomic E-state index is 0.00992. The van der Waals surface area contributed by atoms with Gasteiger partial charge in [-0.05, 0) is 26.0 Å². The van der Waals surface area contributed by atoms with Gasteiger partial charge in [0.15, 0.2) is 6.61 Å². The summed E-state index contributed by atoms with van der Waals surface area (Å²) in [5.41, 5.74) is 0. The molecule has 96 valence electrons. The first kappa shape index (κ1) is 14.0. The largest absolute Gasteiger partial charge is 0.484 e. The number of likely N-dealkylation sites (N-methyl/N-ethyl adjacent to an activating group) is 1. The van der Waals surface area contributed by atoms with E-state index >= 15 is 0 Å².